The molecule has 4 heteroatoms. The number of benzene rings is 1. The smallest absolute Gasteiger partial charge is 0.232 e. The van der Waals surface area contributed by atoms with Gasteiger partial charge in [0.05, 0.1) is 18.6 Å². The van der Waals surface area contributed by atoms with Crippen molar-refractivity contribution in [3.63, 3.8) is 0 Å². The predicted molar refractivity (Wildman–Crippen MR) is 67.3 cm³/mol. The number of carbonyl (C=O) groups excluding carboxylic acids is 1. The van der Waals surface area contributed by atoms with E-state index in [2.05, 4.69) is 0 Å². The van der Waals surface area contributed by atoms with E-state index in [-0.39, 0.29) is 11.8 Å². The minimum absolute atomic E-state index is 0.0201. The molecule has 1 saturated heterocycles. The molecule has 2 aliphatic rings. The maximum Gasteiger partial charge on any atom is 0.232 e. The monoisotopic (exact) mass is 247 g/mol. The van der Waals surface area contributed by atoms with Crippen LogP contribution in [0, 0.1) is 5.92 Å². The molecule has 1 aromatic rings. The van der Waals surface area contributed by atoms with E-state index in [1.54, 1.807) is 4.90 Å². The first-order valence-corrected chi connectivity index (χ1v) is 6.43. The van der Waals surface area contributed by atoms with Crippen LogP contribution in [0.1, 0.15) is 24.5 Å². The first-order valence-electron chi connectivity index (χ1n) is 6.43. The van der Waals surface area contributed by atoms with Crippen molar-refractivity contribution in [3.05, 3.63) is 29.8 Å². The Labute approximate surface area is 106 Å². The fraction of sp³-hybridized carbons (Fsp3) is 0.500. The van der Waals surface area contributed by atoms with E-state index in [0.29, 0.717) is 26.2 Å². The number of hydrogen-bond acceptors (Lipinski definition) is 3. The van der Waals surface area contributed by atoms with Gasteiger partial charge in [0.25, 0.3) is 0 Å². The van der Waals surface area contributed by atoms with Crippen LogP contribution < -0.4 is 4.90 Å². The molecule has 2 atom stereocenters. The molecule has 4 nitrogen and oxygen atoms in total. The molecule has 1 amide bonds. The summed E-state index contributed by atoms with van der Waals surface area (Å²) in [6, 6.07) is 7.60. The number of fused-ring (bicyclic) bond motifs is 1. The Balaban J connectivity index is 1.89. The molecule has 96 valence electrons. The molecule has 3 rings (SSSR count). The SMILES string of the molecule is O=C(C1CCOC1)N1CCC(O)c2ccccc21. The van der Waals surface area contributed by atoms with Crippen LogP contribution in [0.3, 0.4) is 0 Å². The van der Waals surface area contributed by atoms with Gasteiger partial charge < -0.3 is 14.7 Å². The fourth-order valence-corrected chi connectivity index (χ4v) is 2.72. The van der Waals surface area contributed by atoms with Crippen LogP contribution in [0.25, 0.3) is 0 Å². The summed E-state index contributed by atoms with van der Waals surface area (Å²) in [4.78, 5) is 14.2. The van der Waals surface area contributed by atoms with Crippen LogP contribution in [0.5, 0.6) is 0 Å². The quantitative estimate of drug-likeness (QED) is 0.818. The summed E-state index contributed by atoms with van der Waals surface area (Å²) >= 11 is 0. The highest BCUT2D eigenvalue weighted by Gasteiger charge is 2.33. The van der Waals surface area contributed by atoms with Crippen LogP contribution in [-0.4, -0.2) is 30.8 Å². The molecule has 1 N–H and O–H groups in total. The van der Waals surface area contributed by atoms with Crippen molar-refractivity contribution in [2.45, 2.75) is 18.9 Å². The summed E-state index contributed by atoms with van der Waals surface area (Å²) in [5.41, 5.74) is 1.71. The zero-order valence-electron chi connectivity index (χ0n) is 10.2. The highest BCUT2D eigenvalue weighted by molar-refractivity contribution is 5.96. The highest BCUT2D eigenvalue weighted by Crippen LogP contribution is 2.34. The van der Waals surface area contributed by atoms with Crippen molar-refractivity contribution in [3.8, 4) is 0 Å². The van der Waals surface area contributed by atoms with Crippen LogP contribution in [-0.2, 0) is 9.53 Å². The third kappa shape index (κ3) is 1.91. The summed E-state index contributed by atoms with van der Waals surface area (Å²) < 4.78 is 5.28. The van der Waals surface area contributed by atoms with E-state index >= 15 is 0 Å². The summed E-state index contributed by atoms with van der Waals surface area (Å²) in [6.45, 7) is 1.79. The van der Waals surface area contributed by atoms with Gasteiger partial charge in [0, 0.05) is 24.4 Å². The highest BCUT2D eigenvalue weighted by atomic mass is 16.5. The Morgan fingerprint density at radius 1 is 1.33 bits per heavy atom. The standard InChI is InChI=1S/C14H17NO3/c16-13-5-7-15(12-4-2-1-3-11(12)13)14(17)10-6-8-18-9-10/h1-4,10,13,16H,5-9H2. The molecule has 2 heterocycles. The van der Waals surface area contributed by atoms with Crippen molar-refractivity contribution in [2.24, 2.45) is 5.92 Å². The number of nitrogens with zero attached hydrogens (tertiary/aromatic N) is 1. The number of ether oxygens (including phenoxy) is 1. The number of aliphatic hydroxyl groups is 1. The first-order chi connectivity index (χ1) is 8.77. The molecular formula is C14H17NO3. The number of hydrogen-bond donors (Lipinski definition) is 1. The van der Waals surface area contributed by atoms with Crippen LogP contribution in [0.4, 0.5) is 5.69 Å². The molecule has 0 bridgehead atoms. The van der Waals surface area contributed by atoms with Crippen molar-refractivity contribution in [1.82, 2.24) is 0 Å². The molecule has 0 saturated carbocycles. The topological polar surface area (TPSA) is 49.8 Å². The van der Waals surface area contributed by atoms with Crippen LogP contribution >= 0.6 is 0 Å². The van der Waals surface area contributed by atoms with E-state index < -0.39 is 6.10 Å². The van der Waals surface area contributed by atoms with E-state index in [9.17, 15) is 9.90 Å². The van der Waals surface area contributed by atoms with Gasteiger partial charge in [-0.1, -0.05) is 18.2 Å². The molecule has 0 radical (unpaired) electrons. The van der Waals surface area contributed by atoms with Crippen LogP contribution in [0.2, 0.25) is 0 Å². The average molecular weight is 247 g/mol. The zero-order chi connectivity index (χ0) is 12.5. The summed E-state index contributed by atoms with van der Waals surface area (Å²) in [6.07, 6.45) is 0.959. The molecule has 0 spiro atoms. The Bertz CT molecular complexity index is 454. The Morgan fingerprint density at radius 2 is 2.17 bits per heavy atom. The van der Waals surface area contributed by atoms with E-state index in [0.717, 1.165) is 17.7 Å². The largest absolute Gasteiger partial charge is 0.388 e. The lowest BCUT2D eigenvalue weighted by molar-refractivity contribution is -0.122. The normalized spacial score (nSPS) is 27.1. The first kappa shape index (κ1) is 11.7. The predicted octanol–water partition coefficient (Wildman–Crippen LogP) is 1.49. The number of rotatable bonds is 1. The van der Waals surface area contributed by atoms with E-state index in [1.807, 2.05) is 24.3 Å². The van der Waals surface area contributed by atoms with E-state index in [1.165, 1.54) is 0 Å². The number of aliphatic hydroxyl groups excluding tert-OH is 1. The zero-order valence-corrected chi connectivity index (χ0v) is 10.2. The minimum atomic E-state index is -0.454. The van der Waals surface area contributed by atoms with Gasteiger partial charge in [-0.05, 0) is 18.9 Å². The van der Waals surface area contributed by atoms with Crippen molar-refractivity contribution < 1.29 is 14.6 Å². The third-order valence-electron chi connectivity index (χ3n) is 3.76. The second-order valence-electron chi connectivity index (χ2n) is 4.91. The van der Waals surface area contributed by atoms with Gasteiger partial charge in [0.2, 0.25) is 5.91 Å². The van der Waals surface area contributed by atoms with Gasteiger partial charge in [-0.25, -0.2) is 0 Å². The van der Waals surface area contributed by atoms with Gasteiger partial charge in [-0.3, -0.25) is 4.79 Å². The second-order valence-corrected chi connectivity index (χ2v) is 4.91. The van der Waals surface area contributed by atoms with Crippen molar-refractivity contribution in [2.75, 3.05) is 24.7 Å². The number of carbonyl (C=O) groups is 1. The maximum atomic E-state index is 12.4. The minimum Gasteiger partial charge on any atom is -0.388 e. The van der Waals surface area contributed by atoms with Gasteiger partial charge in [0.15, 0.2) is 0 Å². The molecule has 0 aromatic heterocycles. The lowest BCUT2D eigenvalue weighted by atomic mass is 9.97. The number of amides is 1. The Morgan fingerprint density at radius 3 is 2.94 bits per heavy atom. The molecule has 2 unspecified atom stereocenters. The Kier molecular flexibility index (Phi) is 3.06. The molecule has 1 aromatic carbocycles. The van der Waals surface area contributed by atoms with Crippen LogP contribution in [0.15, 0.2) is 24.3 Å². The second kappa shape index (κ2) is 4.71. The molecule has 0 aliphatic carbocycles. The lowest BCUT2D eigenvalue weighted by Gasteiger charge is -2.33. The van der Waals surface area contributed by atoms with Crippen molar-refractivity contribution in [1.29, 1.82) is 0 Å². The van der Waals surface area contributed by atoms with Gasteiger partial charge in [0.1, 0.15) is 0 Å². The average Bonchev–Trinajstić information content (AvgIpc) is 2.93. The summed E-state index contributed by atoms with van der Waals surface area (Å²) in [5.74, 6) is 0.111. The van der Waals surface area contributed by atoms with Gasteiger partial charge in [-0.15, -0.1) is 0 Å². The number of anilines is 1. The van der Waals surface area contributed by atoms with Crippen molar-refractivity contribution >= 4 is 11.6 Å². The summed E-state index contributed by atoms with van der Waals surface area (Å²) in [7, 11) is 0. The molecular weight excluding hydrogens is 230 g/mol. The molecule has 18 heavy (non-hydrogen) atoms. The fourth-order valence-electron chi connectivity index (χ4n) is 2.72. The molecule has 1 fully saturated rings. The van der Waals surface area contributed by atoms with E-state index in [4.69, 9.17) is 4.74 Å². The van der Waals surface area contributed by atoms with Gasteiger partial charge in [-0.2, -0.15) is 0 Å². The molecule has 2 aliphatic heterocycles. The third-order valence-corrected chi connectivity index (χ3v) is 3.76. The van der Waals surface area contributed by atoms with Gasteiger partial charge >= 0.3 is 0 Å². The number of para-hydroxylation sites is 1. The Hall–Kier alpha value is -1.39. The maximum absolute atomic E-state index is 12.4. The lowest BCUT2D eigenvalue weighted by Crippen LogP contribution is -2.40. The summed E-state index contributed by atoms with van der Waals surface area (Å²) in [5, 5.41) is 9.96.